The standard InChI is InChI=1S/C15H16N4.CH3NOS.CH5N/c1-2-19-15-13(11-18-19)14(8-9-16-15)17-10-12-6-4-3-5-7-12;1-2-4-3;1-2/h3-9,11H,2,10H2,1H3,(H,16,17);1H3;2H2,1H3. The molecule has 8 heteroatoms. The Bertz CT molecular complexity index is 799. The van der Waals surface area contributed by atoms with Crippen LogP contribution in [0.5, 0.6) is 0 Å². The molecule has 0 unspecified atom stereocenters. The summed E-state index contributed by atoms with van der Waals surface area (Å²) in [5, 5.41) is 8.86. The molecule has 0 atom stereocenters. The molecule has 0 radical (unpaired) electrons. The summed E-state index contributed by atoms with van der Waals surface area (Å²) in [6.45, 7) is 3.70. The summed E-state index contributed by atoms with van der Waals surface area (Å²) in [6.07, 6.45) is 3.70. The van der Waals surface area contributed by atoms with Gasteiger partial charge in [-0.25, -0.2) is 9.67 Å². The lowest BCUT2D eigenvalue weighted by Crippen LogP contribution is -2.01. The van der Waals surface area contributed by atoms with Gasteiger partial charge in [-0.2, -0.15) is 13.7 Å². The molecule has 2 aromatic heterocycles. The van der Waals surface area contributed by atoms with Gasteiger partial charge in [0.1, 0.15) is 0 Å². The van der Waals surface area contributed by atoms with Gasteiger partial charge in [0.2, 0.25) is 0 Å². The average Bonchev–Trinajstić information content (AvgIpc) is 3.13. The van der Waals surface area contributed by atoms with Crippen molar-refractivity contribution in [2.45, 2.75) is 20.0 Å². The van der Waals surface area contributed by atoms with Gasteiger partial charge in [-0.1, -0.05) is 30.3 Å². The second kappa shape index (κ2) is 11.9. The normalized spacial score (nSPS) is 9.28. The van der Waals surface area contributed by atoms with Gasteiger partial charge >= 0.3 is 0 Å². The number of nitrogens with two attached hydrogens (primary N) is 1. The number of anilines is 1. The molecule has 3 rings (SSSR count). The van der Waals surface area contributed by atoms with E-state index < -0.39 is 0 Å². The van der Waals surface area contributed by atoms with Crippen molar-refractivity contribution < 1.29 is 4.21 Å². The van der Waals surface area contributed by atoms with E-state index in [4.69, 9.17) is 4.21 Å². The lowest BCUT2D eigenvalue weighted by molar-refractivity contribution is 0.677. The van der Waals surface area contributed by atoms with Crippen molar-refractivity contribution >= 4 is 28.2 Å². The van der Waals surface area contributed by atoms with E-state index in [1.807, 2.05) is 41.3 Å². The molecule has 0 saturated heterocycles. The molecule has 0 fully saturated rings. The van der Waals surface area contributed by atoms with Crippen LogP contribution in [0.1, 0.15) is 12.5 Å². The van der Waals surface area contributed by atoms with Gasteiger partial charge < -0.3 is 11.1 Å². The molecule has 25 heavy (non-hydrogen) atoms. The van der Waals surface area contributed by atoms with Crippen molar-refractivity contribution in [2.24, 2.45) is 10.1 Å². The van der Waals surface area contributed by atoms with Crippen molar-refractivity contribution in [1.29, 1.82) is 0 Å². The number of nitrogens with zero attached hydrogens (tertiary/aromatic N) is 4. The molecule has 0 aliphatic rings. The maximum Gasteiger partial charge on any atom is 0.199 e. The summed E-state index contributed by atoms with van der Waals surface area (Å²) in [5.41, 5.74) is 7.77. The molecule has 0 saturated carbocycles. The Hall–Kier alpha value is -2.58. The van der Waals surface area contributed by atoms with E-state index in [0.717, 1.165) is 29.8 Å². The van der Waals surface area contributed by atoms with E-state index in [0.29, 0.717) is 0 Å². The van der Waals surface area contributed by atoms with E-state index >= 15 is 0 Å². The first-order chi connectivity index (χ1) is 12.3. The summed E-state index contributed by atoms with van der Waals surface area (Å²) in [7, 11) is 2.96. The van der Waals surface area contributed by atoms with Crippen molar-refractivity contribution in [3.8, 4) is 0 Å². The van der Waals surface area contributed by atoms with Crippen LogP contribution >= 0.6 is 0 Å². The van der Waals surface area contributed by atoms with Gasteiger partial charge in [-0.15, -0.1) is 0 Å². The van der Waals surface area contributed by atoms with Crippen LogP contribution in [0, 0.1) is 0 Å². The van der Waals surface area contributed by atoms with Crippen LogP contribution in [-0.2, 0) is 24.6 Å². The minimum Gasteiger partial charge on any atom is -0.380 e. The van der Waals surface area contributed by atoms with Crippen LogP contribution in [0.15, 0.2) is 53.2 Å². The van der Waals surface area contributed by atoms with Gasteiger partial charge in [-0.05, 0) is 25.6 Å². The van der Waals surface area contributed by atoms with Crippen LogP contribution in [0.2, 0.25) is 0 Å². The Kier molecular flexibility index (Phi) is 9.72. The first kappa shape index (κ1) is 20.5. The van der Waals surface area contributed by atoms with Crippen LogP contribution in [-0.4, -0.2) is 33.1 Å². The Labute approximate surface area is 151 Å². The monoisotopic (exact) mass is 360 g/mol. The summed E-state index contributed by atoms with van der Waals surface area (Å²) < 4.78 is 14.1. The van der Waals surface area contributed by atoms with Gasteiger partial charge in [0.05, 0.1) is 11.6 Å². The van der Waals surface area contributed by atoms with Gasteiger partial charge in [0.15, 0.2) is 17.1 Å². The maximum absolute atomic E-state index is 9.05. The lowest BCUT2D eigenvalue weighted by Gasteiger charge is -2.07. The van der Waals surface area contributed by atoms with Crippen LogP contribution in [0.3, 0.4) is 0 Å². The number of nitrogens with one attached hydrogen (secondary N) is 1. The first-order valence-corrected chi connectivity index (χ1v) is 8.54. The quantitative estimate of drug-likeness (QED) is 0.745. The fourth-order valence-corrected chi connectivity index (χ4v) is 2.16. The highest BCUT2D eigenvalue weighted by atomic mass is 32.1. The average molecular weight is 360 g/mol. The molecule has 134 valence electrons. The topological polar surface area (TPSA) is 98.2 Å². The molecule has 1 aromatic carbocycles. The predicted molar refractivity (Wildman–Crippen MR) is 104 cm³/mol. The van der Waals surface area contributed by atoms with Crippen LogP contribution in [0.4, 0.5) is 5.69 Å². The fourth-order valence-electron chi connectivity index (χ4n) is 2.16. The third-order valence-electron chi connectivity index (χ3n) is 3.24. The highest BCUT2D eigenvalue weighted by Gasteiger charge is 2.06. The Morgan fingerprint density at radius 3 is 2.52 bits per heavy atom. The van der Waals surface area contributed by atoms with Crippen molar-refractivity contribution in [1.82, 2.24) is 14.8 Å². The lowest BCUT2D eigenvalue weighted by atomic mass is 10.2. The number of aryl methyl sites for hydroxylation is 1. The fraction of sp³-hybridized carbons (Fsp3) is 0.294. The van der Waals surface area contributed by atoms with E-state index in [1.54, 1.807) is 0 Å². The minimum atomic E-state index is 0.231. The van der Waals surface area contributed by atoms with E-state index in [1.165, 1.54) is 19.7 Å². The zero-order chi connectivity index (χ0) is 18.5. The molecular weight excluding hydrogens is 336 g/mol. The molecule has 0 aliphatic heterocycles. The van der Waals surface area contributed by atoms with Crippen LogP contribution in [0.25, 0.3) is 11.0 Å². The third-order valence-corrected chi connectivity index (χ3v) is 3.39. The van der Waals surface area contributed by atoms with Gasteiger partial charge in [0, 0.05) is 32.0 Å². The highest BCUT2D eigenvalue weighted by Crippen LogP contribution is 2.21. The zero-order valence-corrected chi connectivity index (χ0v) is 15.5. The molecule has 0 bridgehead atoms. The Balaban J connectivity index is 0.000000461. The minimum absolute atomic E-state index is 0.231. The van der Waals surface area contributed by atoms with E-state index in [-0.39, 0.29) is 11.5 Å². The molecule has 0 amide bonds. The summed E-state index contributed by atoms with van der Waals surface area (Å²) in [5.74, 6) is 0. The third kappa shape index (κ3) is 6.09. The SMILES string of the molecule is CCn1ncc2c(NCc3ccccc3)ccnc21.CN.CN=S=O. The van der Waals surface area contributed by atoms with Crippen molar-refractivity contribution in [2.75, 3.05) is 19.4 Å². The molecule has 0 spiro atoms. The number of aromatic nitrogens is 3. The molecule has 0 aliphatic carbocycles. The number of hydrogen-bond acceptors (Lipinski definition) is 6. The van der Waals surface area contributed by atoms with Crippen LogP contribution < -0.4 is 11.1 Å². The first-order valence-electron chi connectivity index (χ1n) is 7.84. The summed E-state index contributed by atoms with van der Waals surface area (Å²) >= 11 is 0.231. The number of rotatable bonds is 4. The van der Waals surface area contributed by atoms with Gasteiger partial charge in [-0.3, -0.25) is 0 Å². The number of fused-ring (bicyclic) bond motifs is 1. The van der Waals surface area contributed by atoms with Crippen molar-refractivity contribution in [3.63, 3.8) is 0 Å². The molecule has 2 heterocycles. The second-order valence-electron chi connectivity index (χ2n) is 4.65. The molecule has 7 nitrogen and oxygen atoms in total. The predicted octanol–water partition coefficient (Wildman–Crippen LogP) is 2.65. The zero-order valence-electron chi connectivity index (χ0n) is 14.7. The number of benzene rings is 1. The molecule has 3 aromatic rings. The highest BCUT2D eigenvalue weighted by molar-refractivity contribution is 7.54. The van der Waals surface area contributed by atoms with E-state index in [2.05, 4.69) is 44.6 Å². The van der Waals surface area contributed by atoms with E-state index in [9.17, 15) is 0 Å². The smallest absolute Gasteiger partial charge is 0.199 e. The summed E-state index contributed by atoms with van der Waals surface area (Å²) in [6, 6.07) is 12.3. The second-order valence-corrected chi connectivity index (χ2v) is 5.17. The molecular formula is C17H24N6OS. The van der Waals surface area contributed by atoms with Crippen molar-refractivity contribution in [3.05, 3.63) is 54.4 Å². The Morgan fingerprint density at radius 1 is 1.24 bits per heavy atom. The Morgan fingerprint density at radius 2 is 1.92 bits per heavy atom. The number of pyridine rings is 1. The summed E-state index contributed by atoms with van der Waals surface area (Å²) in [4.78, 5) is 4.39. The molecule has 3 N–H and O–H groups in total. The largest absolute Gasteiger partial charge is 0.380 e. The van der Waals surface area contributed by atoms with Gasteiger partial charge in [0.25, 0.3) is 0 Å². The number of hydrogen-bond donors (Lipinski definition) is 2. The maximum atomic E-state index is 9.05.